The number of aromatic nitrogens is 4. The number of aliphatic hydroxyl groups excluding tert-OH is 3. The minimum Gasteiger partial charge on any atom is -0.394 e. The van der Waals surface area contributed by atoms with Gasteiger partial charge in [-0.1, -0.05) is 6.08 Å². The number of fused-ring (bicyclic) bond motifs is 1. The van der Waals surface area contributed by atoms with Gasteiger partial charge in [0.15, 0.2) is 17.4 Å². The van der Waals surface area contributed by atoms with Crippen LogP contribution in [0.3, 0.4) is 0 Å². The number of imidazole rings is 1. The van der Waals surface area contributed by atoms with E-state index in [1.165, 1.54) is 10.9 Å². The SMILES string of the molecule is C=CCNc1nc2c(ncn2[C@@H]2O[C@H](CO)[C@@H](O)[C@H]2O)c(=O)[nH]1. The van der Waals surface area contributed by atoms with Crippen LogP contribution in [0.2, 0.25) is 0 Å². The van der Waals surface area contributed by atoms with E-state index in [-0.39, 0.29) is 17.1 Å². The molecule has 0 bridgehead atoms. The number of rotatable bonds is 5. The van der Waals surface area contributed by atoms with Gasteiger partial charge in [0, 0.05) is 6.54 Å². The number of ether oxygens (including phenoxy) is 1. The van der Waals surface area contributed by atoms with E-state index in [0.717, 1.165) is 0 Å². The highest BCUT2D eigenvalue weighted by atomic mass is 16.6. The van der Waals surface area contributed by atoms with Crippen LogP contribution in [0, 0.1) is 0 Å². The highest BCUT2D eigenvalue weighted by molar-refractivity contribution is 5.71. The van der Waals surface area contributed by atoms with Crippen molar-refractivity contribution in [2.75, 3.05) is 18.5 Å². The van der Waals surface area contributed by atoms with Crippen LogP contribution in [0.15, 0.2) is 23.8 Å². The van der Waals surface area contributed by atoms with Gasteiger partial charge in [0.1, 0.15) is 18.3 Å². The summed E-state index contributed by atoms with van der Waals surface area (Å²) in [6, 6.07) is 0. The Balaban J connectivity index is 2.03. The Labute approximate surface area is 130 Å². The largest absolute Gasteiger partial charge is 0.394 e. The van der Waals surface area contributed by atoms with Crippen molar-refractivity contribution in [2.45, 2.75) is 24.5 Å². The molecule has 0 radical (unpaired) electrons. The number of nitrogens with zero attached hydrogens (tertiary/aromatic N) is 3. The molecule has 5 N–H and O–H groups in total. The molecule has 10 nitrogen and oxygen atoms in total. The summed E-state index contributed by atoms with van der Waals surface area (Å²) in [6.07, 6.45) is -1.56. The minimum absolute atomic E-state index is 0.0758. The van der Waals surface area contributed by atoms with Crippen molar-refractivity contribution >= 4 is 17.1 Å². The molecule has 124 valence electrons. The van der Waals surface area contributed by atoms with E-state index < -0.39 is 36.7 Å². The molecule has 0 unspecified atom stereocenters. The number of nitrogens with one attached hydrogen (secondary N) is 2. The predicted octanol–water partition coefficient (Wildman–Crippen LogP) is -1.67. The van der Waals surface area contributed by atoms with E-state index in [4.69, 9.17) is 9.84 Å². The van der Waals surface area contributed by atoms with E-state index >= 15 is 0 Å². The molecule has 2 aromatic heterocycles. The maximum Gasteiger partial charge on any atom is 0.280 e. The standard InChI is InChI=1S/C13H17N5O5/c1-2-3-14-13-16-10-7(11(22)17-13)15-5-18(10)12-9(21)8(20)6(4-19)23-12/h2,5-6,8-9,12,19-21H,1,3-4H2,(H2,14,16,17,22)/t6-,8-,9-,12-/m1/s1. The molecule has 1 fully saturated rings. The monoisotopic (exact) mass is 323 g/mol. The first kappa shape index (κ1) is 15.6. The van der Waals surface area contributed by atoms with Crippen molar-refractivity contribution in [2.24, 2.45) is 0 Å². The fraction of sp³-hybridized carbons (Fsp3) is 0.462. The molecule has 3 heterocycles. The number of hydrogen-bond donors (Lipinski definition) is 5. The lowest BCUT2D eigenvalue weighted by atomic mass is 10.1. The third-order valence-electron chi connectivity index (χ3n) is 3.64. The van der Waals surface area contributed by atoms with Gasteiger partial charge in [0.25, 0.3) is 5.56 Å². The first-order valence-electron chi connectivity index (χ1n) is 7.01. The van der Waals surface area contributed by atoms with E-state index in [1.807, 2.05) is 0 Å². The van der Waals surface area contributed by atoms with Crippen molar-refractivity contribution in [3.05, 3.63) is 29.3 Å². The maximum absolute atomic E-state index is 12.0. The minimum atomic E-state index is -1.28. The quantitative estimate of drug-likeness (QED) is 0.411. The van der Waals surface area contributed by atoms with Crippen LogP contribution in [0.5, 0.6) is 0 Å². The zero-order valence-corrected chi connectivity index (χ0v) is 12.1. The Hall–Kier alpha value is -2.27. The molecule has 0 spiro atoms. The smallest absolute Gasteiger partial charge is 0.280 e. The Morgan fingerprint density at radius 3 is 2.91 bits per heavy atom. The normalized spacial score (nSPS) is 27.4. The van der Waals surface area contributed by atoms with Crippen LogP contribution in [-0.4, -0.2) is 66.3 Å². The van der Waals surface area contributed by atoms with Gasteiger partial charge >= 0.3 is 0 Å². The summed E-state index contributed by atoms with van der Waals surface area (Å²) in [4.78, 5) is 22.8. The fourth-order valence-corrected chi connectivity index (χ4v) is 2.47. The molecule has 3 rings (SSSR count). The Bertz CT molecular complexity index is 772. The topological polar surface area (TPSA) is 146 Å². The molecule has 0 amide bonds. The van der Waals surface area contributed by atoms with E-state index in [9.17, 15) is 15.0 Å². The lowest BCUT2D eigenvalue weighted by Gasteiger charge is -2.16. The Kier molecular flexibility index (Phi) is 4.13. The van der Waals surface area contributed by atoms with Crippen LogP contribution < -0.4 is 10.9 Å². The maximum atomic E-state index is 12.0. The van der Waals surface area contributed by atoms with Crippen LogP contribution in [-0.2, 0) is 4.74 Å². The summed E-state index contributed by atoms with van der Waals surface area (Å²) < 4.78 is 6.79. The number of H-pyrrole nitrogens is 1. The van der Waals surface area contributed by atoms with Gasteiger partial charge in [0.2, 0.25) is 5.95 Å². The summed E-state index contributed by atoms with van der Waals surface area (Å²) in [5, 5.41) is 31.9. The molecule has 0 aliphatic carbocycles. The zero-order chi connectivity index (χ0) is 16.6. The van der Waals surface area contributed by atoms with E-state index in [0.29, 0.717) is 6.54 Å². The zero-order valence-electron chi connectivity index (χ0n) is 12.1. The van der Waals surface area contributed by atoms with E-state index in [2.05, 4.69) is 26.8 Å². The van der Waals surface area contributed by atoms with Gasteiger partial charge in [-0.2, -0.15) is 4.98 Å². The molecule has 2 aromatic rings. The molecule has 4 atom stereocenters. The van der Waals surface area contributed by atoms with Crippen molar-refractivity contribution < 1.29 is 20.1 Å². The predicted molar refractivity (Wildman–Crippen MR) is 79.8 cm³/mol. The lowest BCUT2D eigenvalue weighted by Crippen LogP contribution is -2.33. The third-order valence-corrected chi connectivity index (χ3v) is 3.64. The molecule has 0 aromatic carbocycles. The highest BCUT2D eigenvalue weighted by Crippen LogP contribution is 2.30. The van der Waals surface area contributed by atoms with Gasteiger partial charge in [-0.3, -0.25) is 14.3 Å². The van der Waals surface area contributed by atoms with Crippen molar-refractivity contribution in [1.82, 2.24) is 19.5 Å². The summed E-state index contributed by atoms with van der Waals surface area (Å²) in [5.74, 6) is 0.218. The first-order valence-corrected chi connectivity index (χ1v) is 7.01. The van der Waals surface area contributed by atoms with Gasteiger partial charge in [-0.15, -0.1) is 6.58 Å². The molecule has 1 saturated heterocycles. The lowest BCUT2D eigenvalue weighted by molar-refractivity contribution is -0.0511. The van der Waals surface area contributed by atoms with Gasteiger partial charge < -0.3 is 25.4 Å². The molecule has 10 heteroatoms. The summed E-state index contributed by atoms with van der Waals surface area (Å²) in [7, 11) is 0. The molecule has 1 aliphatic heterocycles. The van der Waals surface area contributed by atoms with Gasteiger partial charge in [0.05, 0.1) is 12.9 Å². The molecular formula is C13H17N5O5. The molecule has 1 aliphatic rings. The van der Waals surface area contributed by atoms with Crippen LogP contribution in [0.1, 0.15) is 6.23 Å². The summed E-state index contributed by atoms with van der Waals surface area (Å²) in [6.45, 7) is 3.52. The molecular weight excluding hydrogens is 306 g/mol. The van der Waals surface area contributed by atoms with Gasteiger partial charge in [-0.25, -0.2) is 4.98 Å². The molecule has 23 heavy (non-hydrogen) atoms. The average molecular weight is 323 g/mol. The van der Waals surface area contributed by atoms with E-state index in [1.54, 1.807) is 6.08 Å². The van der Waals surface area contributed by atoms with Gasteiger partial charge in [-0.05, 0) is 0 Å². The summed E-state index contributed by atoms with van der Waals surface area (Å²) in [5.41, 5.74) is -0.186. The Morgan fingerprint density at radius 2 is 2.26 bits per heavy atom. The van der Waals surface area contributed by atoms with Crippen LogP contribution in [0.25, 0.3) is 11.2 Å². The first-order chi connectivity index (χ1) is 11.1. The number of aliphatic hydroxyl groups is 3. The number of hydrogen-bond acceptors (Lipinski definition) is 8. The van der Waals surface area contributed by atoms with Crippen LogP contribution in [0.4, 0.5) is 5.95 Å². The van der Waals surface area contributed by atoms with Crippen molar-refractivity contribution in [3.8, 4) is 0 Å². The van der Waals surface area contributed by atoms with Crippen molar-refractivity contribution in [1.29, 1.82) is 0 Å². The third kappa shape index (κ3) is 2.61. The van der Waals surface area contributed by atoms with Crippen molar-refractivity contribution in [3.63, 3.8) is 0 Å². The second kappa shape index (κ2) is 6.08. The summed E-state index contributed by atoms with van der Waals surface area (Å²) >= 11 is 0. The average Bonchev–Trinajstić information content (AvgIpc) is 3.08. The highest BCUT2D eigenvalue weighted by Gasteiger charge is 2.44. The number of anilines is 1. The van der Waals surface area contributed by atoms with Crippen LogP contribution >= 0.6 is 0 Å². The second-order valence-corrected chi connectivity index (χ2v) is 5.14. The Morgan fingerprint density at radius 1 is 1.48 bits per heavy atom. The molecule has 0 saturated carbocycles. The fourth-order valence-electron chi connectivity index (χ4n) is 2.47. The number of aromatic amines is 1. The second-order valence-electron chi connectivity index (χ2n) is 5.14.